The summed E-state index contributed by atoms with van der Waals surface area (Å²) < 4.78 is 33.7. The molecule has 1 atom stereocenters. The summed E-state index contributed by atoms with van der Waals surface area (Å²) in [5, 5.41) is 2.64. The third-order valence-electron chi connectivity index (χ3n) is 5.58. The van der Waals surface area contributed by atoms with Gasteiger partial charge in [0.15, 0.2) is 6.61 Å². The number of para-hydroxylation sites is 1. The van der Waals surface area contributed by atoms with Crippen LogP contribution in [0.2, 0.25) is 5.02 Å². The first-order chi connectivity index (χ1) is 14.8. The number of rotatable bonds is 6. The van der Waals surface area contributed by atoms with Crippen molar-refractivity contribution in [2.45, 2.75) is 17.9 Å². The fourth-order valence-electron chi connectivity index (χ4n) is 3.78. The largest absolute Gasteiger partial charge is 0.482 e. The second kappa shape index (κ2) is 9.04. The van der Waals surface area contributed by atoms with Crippen LogP contribution in [0.4, 0.5) is 11.4 Å². The van der Waals surface area contributed by atoms with E-state index in [9.17, 15) is 13.2 Å². The average molecular weight is 465 g/mol. The second-order valence-corrected chi connectivity index (χ2v) is 9.82. The highest BCUT2D eigenvalue weighted by atomic mass is 35.5. The Morgan fingerprint density at radius 1 is 1.16 bits per heavy atom. The molecule has 0 spiro atoms. The minimum Gasteiger partial charge on any atom is -0.482 e. The van der Waals surface area contributed by atoms with E-state index in [1.807, 2.05) is 25.1 Å². The van der Waals surface area contributed by atoms with E-state index in [4.69, 9.17) is 16.3 Å². The average Bonchev–Trinajstić information content (AvgIpc) is 2.77. The molecule has 2 aliphatic rings. The van der Waals surface area contributed by atoms with Gasteiger partial charge in [-0.15, -0.1) is 0 Å². The number of nitrogens with one attached hydrogen (secondary N) is 2. The van der Waals surface area contributed by atoms with Gasteiger partial charge in [-0.1, -0.05) is 29.8 Å². The van der Waals surface area contributed by atoms with Crippen molar-refractivity contribution in [2.24, 2.45) is 0 Å². The zero-order valence-electron chi connectivity index (χ0n) is 17.2. The van der Waals surface area contributed by atoms with Gasteiger partial charge in [-0.3, -0.25) is 9.69 Å². The Labute approximate surface area is 187 Å². The number of sulfonamides is 1. The van der Waals surface area contributed by atoms with Crippen LogP contribution in [0.15, 0.2) is 47.4 Å². The van der Waals surface area contributed by atoms with Crippen LogP contribution in [0.1, 0.15) is 6.92 Å². The van der Waals surface area contributed by atoms with Crippen molar-refractivity contribution in [2.75, 3.05) is 49.5 Å². The highest BCUT2D eigenvalue weighted by Crippen LogP contribution is 2.35. The number of amides is 1. The molecule has 10 heteroatoms. The zero-order chi connectivity index (χ0) is 22.0. The molecule has 1 saturated heterocycles. The molecule has 1 unspecified atom stereocenters. The molecule has 8 nitrogen and oxygen atoms in total. The number of benzene rings is 2. The van der Waals surface area contributed by atoms with Crippen LogP contribution in [0, 0.1) is 0 Å². The lowest BCUT2D eigenvalue weighted by Gasteiger charge is -2.39. The number of halogens is 1. The van der Waals surface area contributed by atoms with E-state index in [0.717, 1.165) is 26.2 Å². The highest BCUT2D eigenvalue weighted by Gasteiger charge is 2.26. The number of hydrogen-bond acceptors (Lipinski definition) is 6. The third kappa shape index (κ3) is 4.95. The second-order valence-electron chi connectivity index (χ2n) is 7.68. The Balaban J connectivity index is 1.36. The van der Waals surface area contributed by atoms with E-state index >= 15 is 0 Å². The highest BCUT2D eigenvalue weighted by molar-refractivity contribution is 7.89. The summed E-state index contributed by atoms with van der Waals surface area (Å²) in [5.41, 5.74) is 1.57. The number of carbonyl (C=O) groups excluding carboxylic acids is 1. The first kappa shape index (κ1) is 21.9. The van der Waals surface area contributed by atoms with Crippen LogP contribution in [-0.4, -0.2) is 64.6 Å². The van der Waals surface area contributed by atoms with E-state index in [2.05, 4.69) is 32.0 Å². The van der Waals surface area contributed by atoms with Gasteiger partial charge < -0.3 is 15.0 Å². The van der Waals surface area contributed by atoms with Crippen molar-refractivity contribution < 1.29 is 17.9 Å². The Hall–Kier alpha value is -2.33. The lowest BCUT2D eigenvalue weighted by Crippen LogP contribution is -2.52. The van der Waals surface area contributed by atoms with Crippen LogP contribution in [-0.2, 0) is 14.8 Å². The van der Waals surface area contributed by atoms with Gasteiger partial charge in [-0.05, 0) is 25.1 Å². The number of anilines is 2. The number of hydrogen-bond donors (Lipinski definition) is 2. The summed E-state index contributed by atoms with van der Waals surface area (Å²) in [5.74, 6) is -0.0204. The van der Waals surface area contributed by atoms with Crippen molar-refractivity contribution in [3.63, 3.8) is 0 Å². The fraction of sp³-hybridized carbons (Fsp3) is 0.381. The molecule has 0 aromatic heterocycles. The van der Waals surface area contributed by atoms with Gasteiger partial charge in [0, 0.05) is 50.5 Å². The van der Waals surface area contributed by atoms with Crippen molar-refractivity contribution in [3.8, 4) is 5.75 Å². The summed E-state index contributed by atoms with van der Waals surface area (Å²) in [4.78, 5) is 16.0. The minimum atomic E-state index is -3.84. The van der Waals surface area contributed by atoms with Gasteiger partial charge in [0.1, 0.15) is 10.6 Å². The maximum Gasteiger partial charge on any atom is 0.262 e. The van der Waals surface area contributed by atoms with Gasteiger partial charge >= 0.3 is 0 Å². The topological polar surface area (TPSA) is 91.0 Å². The number of nitrogens with zero attached hydrogens (tertiary/aromatic N) is 2. The Kier molecular flexibility index (Phi) is 6.38. The molecular weight excluding hydrogens is 440 g/mol. The Morgan fingerprint density at radius 2 is 1.87 bits per heavy atom. The van der Waals surface area contributed by atoms with Gasteiger partial charge in [-0.25, -0.2) is 13.1 Å². The molecule has 2 aliphatic heterocycles. The number of fused-ring (bicyclic) bond motifs is 1. The Morgan fingerprint density at radius 3 is 2.58 bits per heavy atom. The van der Waals surface area contributed by atoms with Gasteiger partial charge in [0.25, 0.3) is 5.91 Å². The quantitative estimate of drug-likeness (QED) is 0.680. The predicted octanol–water partition coefficient (Wildman–Crippen LogP) is 2.16. The van der Waals surface area contributed by atoms with E-state index in [1.165, 1.54) is 17.8 Å². The zero-order valence-corrected chi connectivity index (χ0v) is 18.7. The van der Waals surface area contributed by atoms with E-state index in [0.29, 0.717) is 5.69 Å². The molecular formula is C21H25ClN4O4S. The van der Waals surface area contributed by atoms with Crippen LogP contribution in [0.25, 0.3) is 0 Å². The van der Waals surface area contributed by atoms with E-state index in [1.54, 1.807) is 0 Å². The van der Waals surface area contributed by atoms with Crippen LogP contribution in [0.5, 0.6) is 5.75 Å². The van der Waals surface area contributed by atoms with Crippen molar-refractivity contribution in [1.82, 2.24) is 9.62 Å². The van der Waals surface area contributed by atoms with E-state index < -0.39 is 10.0 Å². The first-order valence-electron chi connectivity index (χ1n) is 10.1. The van der Waals surface area contributed by atoms with Crippen molar-refractivity contribution >= 4 is 38.9 Å². The van der Waals surface area contributed by atoms with E-state index in [-0.39, 0.29) is 40.8 Å². The third-order valence-corrected chi connectivity index (χ3v) is 7.47. The molecule has 2 aromatic carbocycles. The first-order valence-corrected chi connectivity index (χ1v) is 12.0. The number of ether oxygens (including phenoxy) is 1. The minimum absolute atomic E-state index is 0.0274. The molecule has 0 radical (unpaired) electrons. The maximum atomic E-state index is 12.9. The molecule has 166 valence electrons. The molecule has 2 aromatic rings. The van der Waals surface area contributed by atoms with Gasteiger partial charge in [0.2, 0.25) is 10.0 Å². The van der Waals surface area contributed by atoms with Crippen molar-refractivity contribution in [1.29, 1.82) is 0 Å². The standard InChI is InChI=1S/C21H25ClN4O4S/c1-15(25-7-9-26(10-8-25)16-5-3-2-4-6-16)13-23-31(28,29)20-12-19-18(11-17(20)22)24-21(27)14-30-19/h2-6,11-12,15,23H,7-10,13-14H2,1H3,(H,24,27). The Bertz CT molecular complexity index is 1060. The maximum absolute atomic E-state index is 12.9. The van der Waals surface area contributed by atoms with Crippen LogP contribution in [0.3, 0.4) is 0 Å². The molecule has 2 heterocycles. The lowest BCUT2D eigenvalue weighted by atomic mass is 10.2. The molecule has 1 fully saturated rings. The summed E-state index contributed by atoms with van der Waals surface area (Å²) in [6, 6.07) is 13.0. The molecule has 4 rings (SSSR count). The lowest BCUT2D eigenvalue weighted by molar-refractivity contribution is -0.118. The van der Waals surface area contributed by atoms with Gasteiger partial charge in [0.05, 0.1) is 10.7 Å². The molecule has 31 heavy (non-hydrogen) atoms. The van der Waals surface area contributed by atoms with Crippen molar-refractivity contribution in [3.05, 3.63) is 47.5 Å². The molecule has 0 saturated carbocycles. The number of piperazine rings is 1. The molecule has 0 bridgehead atoms. The van der Waals surface area contributed by atoms with Crippen LogP contribution >= 0.6 is 11.6 Å². The molecule has 0 aliphatic carbocycles. The van der Waals surface area contributed by atoms with Gasteiger partial charge in [-0.2, -0.15) is 0 Å². The smallest absolute Gasteiger partial charge is 0.262 e. The molecule has 2 N–H and O–H groups in total. The molecule has 1 amide bonds. The predicted molar refractivity (Wildman–Crippen MR) is 120 cm³/mol. The summed E-state index contributed by atoms with van der Waals surface area (Å²) in [6.45, 7) is 5.59. The monoisotopic (exact) mass is 464 g/mol. The normalized spacial score (nSPS) is 18.1. The fourth-order valence-corrected chi connectivity index (χ4v) is 5.45. The van der Waals surface area contributed by atoms with Crippen LogP contribution < -0.4 is 19.7 Å². The number of carbonyl (C=O) groups is 1. The summed E-state index contributed by atoms with van der Waals surface area (Å²) in [7, 11) is -3.84. The summed E-state index contributed by atoms with van der Waals surface area (Å²) in [6.07, 6.45) is 0. The SMILES string of the molecule is CC(CNS(=O)(=O)c1cc2c(cc1Cl)NC(=O)CO2)N1CCN(c2ccccc2)CC1. The summed E-state index contributed by atoms with van der Waals surface area (Å²) >= 11 is 6.19.